The number of benzene rings is 1. The van der Waals surface area contributed by atoms with Crippen molar-refractivity contribution in [2.24, 2.45) is 0 Å². The van der Waals surface area contributed by atoms with Crippen LogP contribution in [0.2, 0.25) is 0 Å². The summed E-state index contributed by atoms with van der Waals surface area (Å²) >= 11 is 0. The molecule has 0 atom stereocenters. The molecule has 2 aromatic heterocycles. The van der Waals surface area contributed by atoms with Crippen molar-refractivity contribution >= 4 is 17.4 Å². The minimum Gasteiger partial charge on any atom is -0.489 e. The lowest BCUT2D eigenvalue weighted by Crippen LogP contribution is -2.37. The summed E-state index contributed by atoms with van der Waals surface area (Å²) in [6.07, 6.45) is 1.56. The van der Waals surface area contributed by atoms with Gasteiger partial charge < -0.3 is 14.7 Å². The smallest absolute Gasteiger partial charge is 0.434 e. The molecule has 0 unspecified atom stereocenters. The molecule has 1 aliphatic heterocycles. The number of aryl methyl sites for hydroxylation is 1. The minimum atomic E-state index is -4.93. The van der Waals surface area contributed by atoms with Crippen molar-refractivity contribution in [3.05, 3.63) is 76.2 Å². The number of halogens is 3. The number of amides is 1. The summed E-state index contributed by atoms with van der Waals surface area (Å²) in [7, 11) is 0. The van der Waals surface area contributed by atoms with Crippen molar-refractivity contribution in [1.29, 1.82) is 0 Å². The average molecular weight is 597 g/mol. The maximum Gasteiger partial charge on any atom is 0.434 e. The van der Waals surface area contributed by atoms with Gasteiger partial charge in [0.05, 0.1) is 11.9 Å². The molecule has 0 bridgehead atoms. The van der Waals surface area contributed by atoms with Crippen LogP contribution in [0.5, 0.6) is 5.75 Å². The summed E-state index contributed by atoms with van der Waals surface area (Å²) in [5.41, 5.74) is 2.46. The van der Waals surface area contributed by atoms with Gasteiger partial charge in [-0.05, 0) is 91.8 Å². The normalized spacial score (nSPS) is 16.4. The molecule has 43 heavy (non-hydrogen) atoms. The molecule has 3 heterocycles. The van der Waals surface area contributed by atoms with Gasteiger partial charge in [-0.1, -0.05) is 25.1 Å². The van der Waals surface area contributed by atoms with Gasteiger partial charge in [0.2, 0.25) is 5.91 Å². The van der Waals surface area contributed by atoms with Crippen molar-refractivity contribution in [3.63, 3.8) is 0 Å². The van der Waals surface area contributed by atoms with Gasteiger partial charge in [-0.15, -0.1) is 0 Å². The molecule has 1 aliphatic carbocycles. The number of alkyl halides is 3. The summed E-state index contributed by atoms with van der Waals surface area (Å²) in [5, 5.41) is 13.0. The van der Waals surface area contributed by atoms with E-state index in [2.05, 4.69) is 22.2 Å². The molecule has 3 aromatic rings. The van der Waals surface area contributed by atoms with E-state index in [-0.39, 0.29) is 11.7 Å². The number of carboxylic acids is 1. The van der Waals surface area contributed by atoms with E-state index in [4.69, 9.17) is 4.74 Å². The molecule has 0 radical (unpaired) electrons. The number of carboxylic acid groups (broad SMARTS) is 1. The quantitative estimate of drug-likeness (QED) is 0.307. The fourth-order valence-electron chi connectivity index (χ4n) is 6.04. The van der Waals surface area contributed by atoms with Crippen LogP contribution in [0.25, 0.3) is 11.4 Å². The molecule has 1 N–H and O–H groups in total. The fourth-order valence-corrected chi connectivity index (χ4v) is 6.04. The molecular formula is C32H35F3N4O4. The third kappa shape index (κ3) is 6.60. The molecule has 8 nitrogen and oxygen atoms in total. The van der Waals surface area contributed by atoms with Crippen molar-refractivity contribution in [2.75, 3.05) is 19.7 Å². The van der Waals surface area contributed by atoms with Crippen LogP contribution in [-0.4, -0.2) is 56.3 Å². The summed E-state index contributed by atoms with van der Waals surface area (Å²) in [4.78, 5) is 29.9. The Morgan fingerprint density at radius 2 is 1.84 bits per heavy atom. The Labute approximate surface area is 248 Å². The second-order valence-corrected chi connectivity index (χ2v) is 11.1. The van der Waals surface area contributed by atoms with Crippen LogP contribution in [-0.2, 0) is 11.0 Å². The highest BCUT2D eigenvalue weighted by Crippen LogP contribution is 2.36. The Hall–Kier alpha value is -4.15. The zero-order chi connectivity index (χ0) is 30.7. The number of allylic oxidation sites excluding steroid dienone is 1. The van der Waals surface area contributed by atoms with Gasteiger partial charge in [0.1, 0.15) is 17.9 Å². The molecule has 1 saturated heterocycles. The standard InChI is InChI=1S/C32H35F3N4O4/c1-3-29(40)38-15-13-21(14-16-38)22-11-12-27(20(2)17-22)43-19-23-7-4-5-8-24(23)26-9-6-10-28(37-26)39-30(32(33,34)35)25(18-36-39)31(41)42/h6,9-12,17-18,21H,3-5,7-8,13-16,19H2,1-2H3,(H,41,42). The topological polar surface area (TPSA) is 97.6 Å². The van der Waals surface area contributed by atoms with Crippen molar-refractivity contribution in [2.45, 2.75) is 70.9 Å². The number of hydrogen-bond donors (Lipinski definition) is 1. The molecule has 1 amide bonds. The number of ether oxygens (including phenoxy) is 1. The predicted octanol–water partition coefficient (Wildman–Crippen LogP) is 6.82. The number of piperidine rings is 1. The Kier molecular flexibility index (Phi) is 8.89. The summed E-state index contributed by atoms with van der Waals surface area (Å²) in [6.45, 7) is 5.79. The molecule has 1 aromatic carbocycles. The van der Waals surface area contributed by atoms with Crippen LogP contribution < -0.4 is 4.74 Å². The number of hydrogen-bond acceptors (Lipinski definition) is 5. The average Bonchev–Trinajstić information content (AvgIpc) is 3.47. The highest BCUT2D eigenvalue weighted by Gasteiger charge is 2.41. The Balaban J connectivity index is 1.34. The zero-order valence-electron chi connectivity index (χ0n) is 24.3. The molecule has 2 aliphatic rings. The van der Waals surface area contributed by atoms with Gasteiger partial charge in [-0.25, -0.2) is 14.5 Å². The highest BCUT2D eigenvalue weighted by molar-refractivity contribution is 5.89. The first-order valence-corrected chi connectivity index (χ1v) is 14.6. The third-order valence-electron chi connectivity index (χ3n) is 8.33. The SMILES string of the molecule is CCC(=O)N1CCC(c2ccc(OCC3=C(c4cccc(-n5ncc(C(=O)O)c5C(F)(F)F)n4)CCCC3)c(C)c2)CC1. The molecular weight excluding hydrogens is 561 g/mol. The maximum atomic E-state index is 13.8. The first kappa shape index (κ1) is 30.3. The maximum absolute atomic E-state index is 13.8. The number of nitrogens with zero attached hydrogens (tertiary/aromatic N) is 4. The van der Waals surface area contributed by atoms with Crippen LogP contribution in [0.3, 0.4) is 0 Å². The number of carbonyl (C=O) groups excluding carboxylic acids is 1. The second kappa shape index (κ2) is 12.6. The number of aromatic nitrogens is 3. The van der Waals surface area contributed by atoms with Crippen LogP contribution in [0.1, 0.15) is 90.7 Å². The van der Waals surface area contributed by atoms with Gasteiger partial charge in [-0.2, -0.15) is 18.3 Å². The van der Waals surface area contributed by atoms with E-state index in [1.165, 1.54) is 11.6 Å². The minimum absolute atomic E-state index is 0.105. The predicted molar refractivity (Wildman–Crippen MR) is 154 cm³/mol. The fraction of sp³-hybridized carbons (Fsp3) is 0.438. The monoisotopic (exact) mass is 596 g/mol. The number of rotatable bonds is 8. The second-order valence-electron chi connectivity index (χ2n) is 11.1. The van der Waals surface area contributed by atoms with Gasteiger partial charge >= 0.3 is 12.1 Å². The Morgan fingerprint density at radius 3 is 2.51 bits per heavy atom. The van der Waals surface area contributed by atoms with E-state index in [0.29, 0.717) is 41.9 Å². The summed E-state index contributed by atoms with van der Waals surface area (Å²) < 4.78 is 48.2. The summed E-state index contributed by atoms with van der Waals surface area (Å²) in [5.74, 6) is -0.433. The van der Waals surface area contributed by atoms with Crippen LogP contribution in [0.15, 0.2) is 48.2 Å². The van der Waals surface area contributed by atoms with Gasteiger partial charge in [-0.3, -0.25) is 4.79 Å². The molecule has 0 spiro atoms. The number of aromatic carboxylic acids is 1. The van der Waals surface area contributed by atoms with Crippen molar-refractivity contribution in [3.8, 4) is 11.6 Å². The lowest BCUT2D eigenvalue weighted by molar-refractivity contribution is -0.143. The van der Waals surface area contributed by atoms with Crippen molar-refractivity contribution in [1.82, 2.24) is 19.7 Å². The number of likely N-dealkylation sites (tertiary alicyclic amines) is 1. The lowest BCUT2D eigenvalue weighted by Gasteiger charge is -2.32. The molecule has 1 fully saturated rings. The highest BCUT2D eigenvalue weighted by atomic mass is 19.4. The van der Waals surface area contributed by atoms with Crippen molar-refractivity contribution < 1.29 is 32.6 Å². The van der Waals surface area contributed by atoms with E-state index in [1.54, 1.807) is 12.1 Å². The van der Waals surface area contributed by atoms with E-state index in [1.807, 2.05) is 24.8 Å². The zero-order valence-corrected chi connectivity index (χ0v) is 24.3. The molecule has 5 rings (SSSR count). The van der Waals surface area contributed by atoms with Crippen LogP contribution in [0.4, 0.5) is 13.2 Å². The number of pyridine rings is 1. The molecule has 228 valence electrons. The van der Waals surface area contributed by atoms with Crippen LogP contribution in [0, 0.1) is 6.92 Å². The van der Waals surface area contributed by atoms with E-state index < -0.39 is 23.4 Å². The first-order valence-electron chi connectivity index (χ1n) is 14.6. The van der Waals surface area contributed by atoms with E-state index in [0.717, 1.165) is 67.7 Å². The van der Waals surface area contributed by atoms with Gasteiger partial charge in [0, 0.05) is 19.5 Å². The Bertz CT molecular complexity index is 1540. The van der Waals surface area contributed by atoms with E-state index in [9.17, 15) is 27.9 Å². The molecule has 11 heteroatoms. The third-order valence-corrected chi connectivity index (χ3v) is 8.33. The largest absolute Gasteiger partial charge is 0.489 e. The van der Waals surface area contributed by atoms with Crippen LogP contribution >= 0.6 is 0 Å². The number of carbonyl (C=O) groups is 2. The lowest BCUT2D eigenvalue weighted by atomic mass is 9.88. The molecule has 0 saturated carbocycles. The van der Waals surface area contributed by atoms with E-state index >= 15 is 0 Å². The van der Waals surface area contributed by atoms with Gasteiger partial charge in [0.15, 0.2) is 11.5 Å². The first-order chi connectivity index (χ1) is 20.6. The van der Waals surface area contributed by atoms with Gasteiger partial charge in [0.25, 0.3) is 0 Å². The summed E-state index contributed by atoms with van der Waals surface area (Å²) in [6, 6.07) is 11.0. The Morgan fingerprint density at radius 1 is 1.09 bits per heavy atom.